The molecule has 23 heavy (non-hydrogen) atoms. The molecule has 0 bridgehead atoms. The third kappa shape index (κ3) is 4.21. The van der Waals surface area contributed by atoms with Crippen molar-refractivity contribution in [2.24, 2.45) is 5.92 Å². The minimum Gasteiger partial charge on any atom is -0.497 e. The molecule has 0 spiro atoms. The van der Waals surface area contributed by atoms with E-state index in [0.29, 0.717) is 30.8 Å². The first kappa shape index (κ1) is 17.7. The summed E-state index contributed by atoms with van der Waals surface area (Å²) < 4.78 is 32.0. The number of piperidine rings is 1. The predicted molar refractivity (Wildman–Crippen MR) is 88.5 cm³/mol. The van der Waals surface area contributed by atoms with Gasteiger partial charge in [-0.25, -0.2) is 0 Å². The molecule has 1 aromatic carbocycles. The van der Waals surface area contributed by atoms with Crippen molar-refractivity contribution in [3.05, 3.63) is 24.3 Å². The number of carbonyl (C=O) groups is 1. The zero-order valence-corrected chi connectivity index (χ0v) is 14.5. The van der Waals surface area contributed by atoms with E-state index in [-0.39, 0.29) is 18.4 Å². The van der Waals surface area contributed by atoms with Gasteiger partial charge in [0.15, 0.2) is 0 Å². The molecule has 7 nitrogen and oxygen atoms in total. The SMILES string of the molecule is COc1ccc(NC(=O)[C@H]2CCCN(S(=O)(=O)N(C)C)C2)cc1. The van der Waals surface area contributed by atoms with Gasteiger partial charge in [-0.2, -0.15) is 17.0 Å². The van der Waals surface area contributed by atoms with Crippen LogP contribution in [0.25, 0.3) is 0 Å². The van der Waals surface area contributed by atoms with Gasteiger partial charge in [-0.3, -0.25) is 4.79 Å². The molecule has 8 heteroatoms. The number of carbonyl (C=O) groups excluding carboxylic acids is 1. The maximum Gasteiger partial charge on any atom is 0.281 e. The summed E-state index contributed by atoms with van der Waals surface area (Å²) in [6.07, 6.45) is 1.36. The van der Waals surface area contributed by atoms with E-state index in [9.17, 15) is 13.2 Å². The zero-order valence-electron chi connectivity index (χ0n) is 13.7. The van der Waals surface area contributed by atoms with Gasteiger partial charge in [0, 0.05) is 32.9 Å². The summed E-state index contributed by atoms with van der Waals surface area (Å²) in [4.78, 5) is 12.4. The average Bonchev–Trinajstić information content (AvgIpc) is 2.55. The summed E-state index contributed by atoms with van der Waals surface area (Å²) in [6, 6.07) is 7.04. The topological polar surface area (TPSA) is 79.0 Å². The monoisotopic (exact) mass is 341 g/mol. The van der Waals surface area contributed by atoms with Gasteiger partial charge in [-0.1, -0.05) is 0 Å². The summed E-state index contributed by atoms with van der Waals surface area (Å²) in [5, 5.41) is 2.83. The number of benzene rings is 1. The first-order valence-electron chi connectivity index (χ1n) is 7.47. The van der Waals surface area contributed by atoms with Crippen LogP contribution in [-0.2, 0) is 15.0 Å². The third-order valence-corrected chi connectivity index (χ3v) is 5.81. The Morgan fingerprint density at radius 3 is 2.52 bits per heavy atom. The minimum atomic E-state index is -3.48. The minimum absolute atomic E-state index is 0.158. The molecule has 1 heterocycles. The molecule has 128 valence electrons. The number of nitrogens with zero attached hydrogens (tertiary/aromatic N) is 2. The standard InChI is InChI=1S/C15H23N3O4S/c1-17(2)23(20,21)18-10-4-5-12(11-18)15(19)16-13-6-8-14(22-3)9-7-13/h6-9,12H,4-5,10-11H2,1-3H3,(H,16,19)/t12-/m0/s1. The lowest BCUT2D eigenvalue weighted by atomic mass is 9.99. The van der Waals surface area contributed by atoms with E-state index in [1.807, 2.05) is 0 Å². The van der Waals surface area contributed by atoms with Gasteiger partial charge in [0.05, 0.1) is 13.0 Å². The van der Waals surface area contributed by atoms with E-state index >= 15 is 0 Å². The molecule has 1 atom stereocenters. The fourth-order valence-electron chi connectivity index (χ4n) is 2.52. The van der Waals surface area contributed by atoms with Gasteiger partial charge in [-0.05, 0) is 37.1 Å². The van der Waals surface area contributed by atoms with E-state index in [2.05, 4.69) is 5.32 Å². The fourth-order valence-corrected chi connectivity index (χ4v) is 3.71. The summed E-state index contributed by atoms with van der Waals surface area (Å²) in [5.41, 5.74) is 0.670. The molecule has 1 saturated heterocycles. The number of rotatable bonds is 5. The van der Waals surface area contributed by atoms with Crippen molar-refractivity contribution < 1.29 is 17.9 Å². The molecule has 0 radical (unpaired) electrons. The molecule has 1 aliphatic rings. The summed E-state index contributed by atoms with van der Waals surface area (Å²) in [5.74, 6) is 0.207. The summed E-state index contributed by atoms with van der Waals surface area (Å²) in [7, 11) is 1.09. The molecule has 1 aliphatic heterocycles. The van der Waals surface area contributed by atoms with Crippen LogP contribution in [0.4, 0.5) is 5.69 Å². The molecule has 1 fully saturated rings. The van der Waals surface area contributed by atoms with Crippen LogP contribution in [0.15, 0.2) is 24.3 Å². The number of ether oxygens (including phenoxy) is 1. The number of hydrogen-bond donors (Lipinski definition) is 1. The quantitative estimate of drug-likeness (QED) is 0.871. The smallest absolute Gasteiger partial charge is 0.281 e. The van der Waals surface area contributed by atoms with E-state index in [4.69, 9.17) is 4.74 Å². The Morgan fingerprint density at radius 2 is 1.96 bits per heavy atom. The van der Waals surface area contributed by atoms with Crippen molar-refractivity contribution in [3.63, 3.8) is 0 Å². The van der Waals surface area contributed by atoms with Gasteiger partial charge < -0.3 is 10.1 Å². The Hall–Kier alpha value is -1.64. The molecular formula is C15H23N3O4S. The Kier molecular flexibility index (Phi) is 5.61. The van der Waals surface area contributed by atoms with Gasteiger partial charge in [0.1, 0.15) is 5.75 Å². The maximum atomic E-state index is 12.4. The van der Waals surface area contributed by atoms with E-state index in [0.717, 1.165) is 0 Å². The van der Waals surface area contributed by atoms with Crippen LogP contribution >= 0.6 is 0 Å². The highest BCUT2D eigenvalue weighted by atomic mass is 32.2. The Morgan fingerprint density at radius 1 is 1.30 bits per heavy atom. The molecule has 0 aliphatic carbocycles. The molecule has 0 unspecified atom stereocenters. The summed E-state index contributed by atoms with van der Waals surface area (Å²) in [6.45, 7) is 0.662. The lowest BCUT2D eigenvalue weighted by Gasteiger charge is -2.32. The second kappa shape index (κ2) is 7.29. The second-order valence-corrected chi connectivity index (χ2v) is 7.85. The third-order valence-electron chi connectivity index (χ3n) is 3.90. The van der Waals surface area contributed by atoms with Crippen LogP contribution in [0, 0.1) is 5.92 Å². The highest BCUT2D eigenvalue weighted by Gasteiger charge is 2.33. The Balaban J connectivity index is 2.01. The largest absolute Gasteiger partial charge is 0.497 e. The van der Waals surface area contributed by atoms with Crippen molar-refractivity contribution in [2.75, 3.05) is 39.6 Å². The van der Waals surface area contributed by atoms with Crippen LogP contribution in [0.3, 0.4) is 0 Å². The van der Waals surface area contributed by atoms with E-state index in [1.165, 1.54) is 22.7 Å². The fraction of sp³-hybridized carbons (Fsp3) is 0.533. The lowest BCUT2D eigenvalue weighted by molar-refractivity contribution is -0.120. The predicted octanol–water partition coefficient (Wildman–Crippen LogP) is 1.15. The molecule has 0 aromatic heterocycles. The van der Waals surface area contributed by atoms with Gasteiger partial charge in [0.25, 0.3) is 10.2 Å². The highest BCUT2D eigenvalue weighted by molar-refractivity contribution is 7.86. The van der Waals surface area contributed by atoms with Crippen LogP contribution in [0.5, 0.6) is 5.75 Å². The van der Waals surface area contributed by atoms with E-state index in [1.54, 1.807) is 31.4 Å². The molecule has 1 amide bonds. The van der Waals surface area contributed by atoms with Crippen molar-refractivity contribution in [1.29, 1.82) is 0 Å². The zero-order chi connectivity index (χ0) is 17.0. The number of hydrogen-bond acceptors (Lipinski definition) is 4. The van der Waals surface area contributed by atoms with Gasteiger partial charge in [0.2, 0.25) is 5.91 Å². The van der Waals surface area contributed by atoms with E-state index < -0.39 is 10.2 Å². The molecule has 1 aromatic rings. The van der Waals surface area contributed by atoms with Crippen molar-refractivity contribution >= 4 is 21.8 Å². The van der Waals surface area contributed by atoms with Crippen LogP contribution < -0.4 is 10.1 Å². The summed E-state index contributed by atoms with van der Waals surface area (Å²) >= 11 is 0. The first-order valence-corrected chi connectivity index (χ1v) is 8.87. The van der Waals surface area contributed by atoms with Crippen LogP contribution in [0.2, 0.25) is 0 Å². The molecule has 2 rings (SSSR count). The van der Waals surface area contributed by atoms with Crippen molar-refractivity contribution in [1.82, 2.24) is 8.61 Å². The lowest BCUT2D eigenvalue weighted by Crippen LogP contribution is -2.47. The normalized spacial score (nSPS) is 19.6. The molecule has 1 N–H and O–H groups in total. The van der Waals surface area contributed by atoms with Crippen LogP contribution in [0.1, 0.15) is 12.8 Å². The number of anilines is 1. The van der Waals surface area contributed by atoms with Crippen molar-refractivity contribution in [3.8, 4) is 5.75 Å². The molecule has 0 saturated carbocycles. The highest BCUT2D eigenvalue weighted by Crippen LogP contribution is 2.22. The van der Waals surface area contributed by atoms with Crippen LogP contribution in [-0.4, -0.2) is 57.2 Å². The van der Waals surface area contributed by atoms with Gasteiger partial charge >= 0.3 is 0 Å². The average molecular weight is 341 g/mol. The number of methoxy groups -OCH3 is 1. The van der Waals surface area contributed by atoms with Gasteiger partial charge in [-0.15, -0.1) is 0 Å². The molecular weight excluding hydrogens is 318 g/mol. The number of amides is 1. The second-order valence-electron chi connectivity index (χ2n) is 5.71. The maximum absolute atomic E-state index is 12.4. The first-order chi connectivity index (χ1) is 10.8. The number of nitrogens with one attached hydrogen (secondary N) is 1. The Labute approximate surface area is 137 Å². The van der Waals surface area contributed by atoms with Crippen molar-refractivity contribution in [2.45, 2.75) is 12.8 Å². The Bertz CT molecular complexity index is 643.